The normalized spacial score (nSPS) is 15.6. The smallest absolute Gasteiger partial charge is 0.258 e. The lowest BCUT2D eigenvalue weighted by Gasteiger charge is -2.32. The minimum atomic E-state index is -0.0515. The van der Waals surface area contributed by atoms with E-state index in [4.69, 9.17) is 16.3 Å². The molecule has 1 fully saturated rings. The van der Waals surface area contributed by atoms with Crippen molar-refractivity contribution in [3.05, 3.63) is 64.7 Å². The van der Waals surface area contributed by atoms with Crippen LogP contribution in [0, 0.1) is 6.92 Å². The van der Waals surface area contributed by atoms with Gasteiger partial charge in [0.25, 0.3) is 5.91 Å². The number of carbonyl (C=O) groups is 1. The van der Waals surface area contributed by atoms with E-state index in [-0.39, 0.29) is 18.6 Å². The van der Waals surface area contributed by atoms with Crippen molar-refractivity contribution >= 4 is 17.5 Å². The van der Waals surface area contributed by atoms with Crippen molar-refractivity contribution in [1.82, 2.24) is 10.2 Å². The lowest BCUT2D eigenvalue weighted by Crippen LogP contribution is -2.45. The highest BCUT2D eigenvalue weighted by molar-refractivity contribution is 6.30. The van der Waals surface area contributed by atoms with E-state index in [0.717, 1.165) is 48.8 Å². The molecule has 0 bridgehead atoms. The fourth-order valence-corrected chi connectivity index (χ4v) is 3.34. The van der Waals surface area contributed by atoms with Crippen LogP contribution in [0.2, 0.25) is 5.02 Å². The Morgan fingerprint density at radius 1 is 1.15 bits per heavy atom. The van der Waals surface area contributed by atoms with Crippen LogP contribution in [0.3, 0.4) is 0 Å². The summed E-state index contributed by atoms with van der Waals surface area (Å²) < 4.78 is 5.62. The molecule has 0 saturated carbocycles. The Labute approximate surface area is 160 Å². The molecule has 2 aromatic rings. The summed E-state index contributed by atoms with van der Waals surface area (Å²) in [7, 11) is 0. The Balaban J connectivity index is 1.38. The summed E-state index contributed by atoms with van der Waals surface area (Å²) in [4.78, 5) is 14.6. The molecule has 1 saturated heterocycles. The standard InChI is InChI=1S/C21H25ClN2O2/c1-16-4-2-3-5-20(16)26-15-21(25)23-19-10-12-24(13-11-19)14-17-6-8-18(22)9-7-17/h2-9,19H,10-15H2,1H3,(H,23,25). The van der Waals surface area contributed by atoms with Gasteiger partial charge in [-0.1, -0.05) is 41.9 Å². The number of piperidine rings is 1. The molecule has 0 unspecified atom stereocenters. The van der Waals surface area contributed by atoms with Gasteiger partial charge < -0.3 is 10.1 Å². The number of benzene rings is 2. The predicted octanol–water partition coefficient (Wildman–Crippen LogP) is 3.81. The number of carbonyl (C=O) groups excluding carboxylic acids is 1. The van der Waals surface area contributed by atoms with Crippen LogP contribution < -0.4 is 10.1 Å². The van der Waals surface area contributed by atoms with Gasteiger partial charge in [0.1, 0.15) is 5.75 Å². The zero-order valence-electron chi connectivity index (χ0n) is 15.1. The van der Waals surface area contributed by atoms with Crippen LogP contribution in [-0.4, -0.2) is 36.5 Å². The summed E-state index contributed by atoms with van der Waals surface area (Å²) in [6.45, 7) is 4.92. The first-order valence-electron chi connectivity index (χ1n) is 9.05. The van der Waals surface area contributed by atoms with Gasteiger partial charge in [0, 0.05) is 30.7 Å². The minimum Gasteiger partial charge on any atom is -0.484 e. The van der Waals surface area contributed by atoms with Crippen LogP contribution in [0.15, 0.2) is 48.5 Å². The quantitative estimate of drug-likeness (QED) is 0.838. The second-order valence-electron chi connectivity index (χ2n) is 6.80. The molecule has 1 aliphatic heterocycles. The van der Waals surface area contributed by atoms with Gasteiger partial charge in [-0.15, -0.1) is 0 Å². The number of para-hydroxylation sites is 1. The second kappa shape index (κ2) is 9.06. The third-order valence-corrected chi connectivity index (χ3v) is 4.98. The van der Waals surface area contributed by atoms with Crippen molar-refractivity contribution in [3.8, 4) is 5.75 Å². The van der Waals surface area contributed by atoms with E-state index in [1.54, 1.807) is 0 Å². The molecule has 3 rings (SSSR count). The van der Waals surface area contributed by atoms with Crippen molar-refractivity contribution in [3.63, 3.8) is 0 Å². The van der Waals surface area contributed by atoms with E-state index in [9.17, 15) is 4.79 Å². The lowest BCUT2D eigenvalue weighted by molar-refractivity contribution is -0.124. The van der Waals surface area contributed by atoms with Crippen LogP contribution in [-0.2, 0) is 11.3 Å². The Morgan fingerprint density at radius 2 is 1.85 bits per heavy atom. The van der Waals surface area contributed by atoms with Gasteiger partial charge in [0.2, 0.25) is 0 Å². The molecule has 0 aromatic heterocycles. The van der Waals surface area contributed by atoms with Crippen molar-refractivity contribution in [2.75, 3.05) is 19.7 Å². The third-order valence-electron chi connectivity index (χ3n) is 4.72. The first-order valence-corrected chi connectivity index (χ1v) is 9.42. The monoisotopic (exact) mass is 372 g/mol. The molecule has 0 aliphatic carbocycles. The number of halogens is 1. The highest BCUT2D eigenvalue weighted by Gasteiger charge is 2.21. The maximum absolute atomic E-state index is 12.1. The number of nitrogens with one attached hydrogen (secondary N) is 1. The van der Waals surface area contributed by atoms with Crippen LogP contribution in [0.4, 0.5) is 0 Å². The molecule has 26 heavy (non-hydrogen) atoms. The molecule has 1 N–H and O–H groups in total. The van der Waals surface area contributed by atoms with E-state index in [2.05, 4.69) is 22.3 Å². The number of aryl methyl sites for hydroxylation is 1. The molecule has 1 heterocycles. The zero-order valence-corrected chi connectivity index (χ0v) is 15.8. The van der Waals surface area contributed by atoms with Gasteiger partial charge in [-0.2, -0.15) is 0 Å². The van der Waals surface area contributed by atoms with E-state index in [1.807, 2.05) is 43.3 Å². The van der Waals surface area contributed by atoms with E-state index in [0.29, 0.717) is 0 Å². The molecular formula is C21H25ClN2O2. The number of hydrogen-bond acceptors (Lipinski definition) is 3. The van der Waals surface area contributed by atoms with Crippen LogP contribution in [0.25, 0.3) is 0 Å². The molecule has 5 heteroatoms. The van der Waals surface area contributed by atoms with Gasteiger partial charge in [-0.3, -0.25) is 9.69 Å². The van der Waals surface area contributed by atoms with E-state index < -0.39 is 0 Å². The lowest BCUT2D eigenvalue weighted by atomic mass is 10.0. The van der Waals surface area contributed by atoms with Crippen molar-refractivity contribution < 1.29 is 9.53 Å². The molecule has 1 amide bonds. The average Bonchev–Trinajstić information content (AvgIpc) is 2.64. The predicted molar refractivity (Wildman–Crippen MR) is 105 cm³/mol. The molecule has 1 aliphatic rings. The summed E-state index contributed by atoms with van der Waals surface area (Å²) >= 11 is 5.93. The van der Waals surface area contributed by atoms with Crippen LogP contribution in [0.1, 0.15) is 24.0 Å². The molecule has 138 valence electrons. The van der Waals surface area contributed by atoms with Crippen molar-refractivity contribution in [2.24, 2.45) is 0 Å². The Kier molecular flexibility index (Phi) is 6.53. The first-order chi connectivity index (χ1) is 12.6. The largest absolute Gasteiger partial charge is 0.484 e. The summed E-state index contributed by atoms with van der Waals surface area (Å²) in [5.41, 5.74) is 2.30. The Morgan fingerprint density at radius 3 is 2.54 bits per heavy atom. The van der Waals surface area contributed by atoms with Gasteiger partial charge in [-0.25, -0.2) is 0 Å². The summed E-state index contributed by atoms with van der Waals surface area (Å²) in [6.07, 6.45) is 1.92. The SMILES string of the molecule is Cc1ccccc1OCC(=O)NC1CCN(Cc2ccc(Cl)cc2)CC1. The topological polar surface area (TPSA) is 41.6 Å². The number of nitrogens with zero attached hydrogens (tertiary/aromatic N) is 1. The molecule has 0 atom stereocenters. The molecule has 4 nitrogen and oxygen atoms in total. The molecule has 0 spiro atoms. The van der Waals surface area contributed by atoms with Crippen molar-refractivity contribution in [1.29, 1.82) is 0 Å². The van der Waals surface area contributed by atoms with Gasteiger partial charge in [0.15, 0.2) is 6.61 Å². The first kappa shape index (κ1) is 18.7. The zero-order chi connectivity index (χ0) is 18.4. The minimum absolute atomic E-state index is 0.0515. The second-order valence-corrected chi connectivity index (χ2v) is 7.24. The highest BCUT2D eigenvalue weighted by Crippen LogP contribution is 2.17. The summed E-state index contributed by atoms with van der Waals surface area (Å²) in [5.74, 6) is 0.713. The summed E-state index contributed by atoms with van der Waals surface area (Å²) in [6, 6.07) is 16.0. The Hall–Kier alpha value is -2.04. The maximum atomic E-state index is 12.1. The van der Waals surface area contributed by atoms with Crippen LogP contribution in [0.5, 0.6) is 5.75 Å². The van der Waals surface area contributed by atoms with Gasteiger partial charge in [0.05, 0.1) is 0 Å². The van der Waals surface area contributed by atoms with Gasteiger partial charge >= 0.3 is 0 Å². The molecular weight excluding hydrogens is 348 g/mol. The number of amides is 1. The van der Waals surface area contributed by atoms with Gasteiger partial charge in [-0.05, 0) is 49.1 Å². The average molecular weight is 373 g/mol. The number of rotatable bonds is 6. The fraction of sp³-hybridized carbons (Fsp3) is 0.381. The number of ether oxygens (including phenoxy) is 1. The highest BCUT2D eigenvalue weighted by atomic mass is 35.5. The molecule has 2 aromatic carbocycles. The fourth-order valence-electron chi connectivity index (χ4n) is 3.21. The maximum Gasteiger partial charge on any atom is 0.258 e. The van der Waals surface area contributed by atoms with Crippen molar-refractivity contribution in [2.45, 2.75) is 32.4 Å². The summed E-state index contributed by atoms with van der Waals surface area (Å²) in [5, 5.41) is 3.86. The molecule has 0 radical (unpaired) electrons. The van der Waals surface area contributed by atoms with E-state index >= 15 is 0 Å². The third kappa shape index (κ3) is 5.48. The number of likely N-dealkylation sites (tertiary alicyclic amines) is 1. The number of hydrogen-bond donors (Lipinski definition) is 1. The van der Waals surface area contributed by atoms with E-state index in [1.165, 1.54) is 5.56 Å². The van der Waals surface area contributed by atoms with Crippen LogP contribution >= 0.6 is 11.6 Å². The Bertz CT molecular complexity index is 725.